The van der Waals surface area contributed by atoms with Crippen LogP contribution < -0.4 is 0 Å². The Morgan fingerprint density at radius 1 is 1.31 bits per heavy atom. The smallest absolute Gasteiger partial charge is 0.151 e. The van der Waals surface area contributed by atoms with E-state index in [4.69, 9.17) is 20.4 Å². The maximum Gasteiger partial charge on any atom is 0.151 e. The van der Waals surface area contributed by atoms with Gasteiger partial charge in [0.2, 0.25) is 0 Å². The first-order valence-electron chi connectivity index (χ1n) is 3.78. The fourth-order valence-corrected chi connectivity index (χ4v) is 1.32. The van der Waals surface area contributed by atoms with Crippen LogP contribution in [0, 0.1) is 0 Å². The highest BCUT2D eigenvalue weighted by Gasteiger charge is 2.24. The predicted octanol–water partition coefficient (Wildman–Crippen LogP) is -1.66. The van der Waals surface area contributed by atoms with Gasteiger partial charge < -0.3 is 25.2 Å². The largest absolute Gasteiger partial charge is 0.389 e. The molecule has 0 aromatic carbocycles. The van der Waals surface area contributed by atoms with Gasteiger partial charge in [-0.1, -0.05) is 0 Å². The van der Waals surface area contributed by atoms with E-state index in [0.717, 1.165) is 11.8 Å². The summed E-state index contributed by atoms with van der Waals surface area (Å²) in [7, 11) is 0. The van der Waals surface area contributed by atoms with E-state index in [-0.39, 0.29) is 12.0 Å². The Kier molecular flexibility index (Phi) is 6.27. The van der Waals surface area contributed by atoms with E-state index >= 15 is 0 Å². The highest BCUT2D eigenvalue weighted by Crippen LogP contribution is 2.11. The molecule has 4 atom stereocenters. The number of rotatable bonds is 6. The Hall–Kier alpha value is -0.140. The second-order valence-corrected chi connectivity index (χ2v) is 3.97. The summed E-state index contributed by atoms with van der Waals surface area (Å²) in [6, 6.07) is 0. The van der Waals surface area contributed by atoms with Crippen LogP contribution in [0.3, 0.4) is 0 Å². The molecule has 0 spiro atoms. The van der Waals surface area contributed by atoms with Crippen LogP contribution in [0.1, 0.15) is 6.92 Å². The minimum Gasteiger partial charge on any atom is -0.389 e. The van der Waals surface area contributed by atoms with E-state index in [2.05, 4.69) is 0 Å². The molecule has 0 saturated carbocycles. The van der Waals surface area contributed by atoms with Crippen LogP contribution in [0.4, 0.5) is 0 Å². The lowest BCUT2D eigenvalue weighted by Gasteiger charge is -2.19. The molecule has 0 radical (unpaired) electrons. The monoisotopic (exact) mass is 210 g/mol. The maximum atomic E-state index is 10.0. The number of hydrogen-bond acceptors (Lipinski definition) is 6. The van der Waals surface area contributed by atoms with Crippen molar-refractivity contribution in [3.63, 3.8) is 0 Å². The van der Waals surface area contributed by atoms with Gasteiger partial charge in [-0.25, -0.2) is 0 Å². The van der Waals surface area contributed by atoms with Crippen molar-refractivity contribution >= 4 is 18.0 Å². The molecular formula is C7H14O5S. The van der Waals surface area contributed by atoms with Gasteiger partial charge in [0, 0.05) is 5.75 Å². The standard InChI is InChI=1S/C7H14O5S/c1-4(9)13-3-6(11)7(12)5(10)2-8/h2,4-7,9-12H,3H2,1H3/t4?,5-,6+,7-/m0/s1. The Labute approximate surface area is 80.4 Å². The van der Waals surface area contributed by atoms with E-state index in [1.54, 1.807) is 0 Å². The first kappa shape index (κ1) is 12.9. The zero-order valence-electron chi connectivity index (χ0n) is 7.20. The van der Waals surface area contributed by atoms with Crippen molar-refractivity contribution in [1.29, 1.82) is 0 Å². The molecule has 1 unspecified atom stereocenters. The van der Waals surface area contributed by atoms with Gasteiger partial charge in [0.15, 0.2) is 6.29 Å². The van der Waals surface area contributed by atoms with Crippen LogP contribution in [0.2, 0.25) is 0 Å². The van der Waals surface area contributed by atoms with Crippen LogP contribution in [0.25, 0.3) is 0 Å². The number of carbonyl (C=O) groups excluding carboxylic acids is 1. The van der Waals surface area contributed by atoms with Crippen LogP contribution in [-0.2, 0) is 4.79 Å². The van der Waals surface area contributed by atoms with E-state index in [0.29, 0.717) is 0 Å². The van der Waals surface area contributed by atoms with Crippen LogP contribution in [-0.4, -0.2) is 56.2 Å². The quantitative estimate of drug-likeness (QED) is 0.309. The molecule has 0 aliphatic heterocycles. The highest BCUT2D eigenvalue weighted by molar-refractivity contribution is 7.99. The second-order valence-electron chi connectivity index (χ2n) is 2.62. The van der Waals surface area contributed by atoms with Crippen molar-refractivity contribution in [3.05, 3.63) is 0 Å². The van der Waals surface area contributed by atoms with Crippen molar-refractivity contribution in [2.75, 3.05) is 5.75 Å². The van der Waals surface area contributed by atoms with Crippen LogP contribution in [0.15, 0.2) is 0 Å². The maximum absolute atomic E-state index is 10.0. The summed E-state index contributed by atoms with van der Waals surface area (Å²) in [4.78, 5) is 10.0. The number of carbonyl (C=O) groups is 1. The molecule has 0 saturated heterocycles. The van der Waals surface area contributed by atoms with Gasteiger partial charge >= 0.3 is 0 Å². The summed E-state index contributed by atoms with van der Waals surface area (Å²) >= 11 is 1.01. The number of aliphatic hydroxyl groups excluding tert-OH is 4. The molecule has 0 heterocycles. The molecular weight excluding hydrogens is 196 g/mol. The van der Waals surface area contributed by atoms with E-state index in [9.17, 15) is 4.79 Å². The topological polar surface area (TPSA) is 98.0 Å². The summed E-state index contributed by atoms with van der Waals surface area (Å²) in [6.45, 7) is 1.51. The molecule has 0 aromatic rings. The molecule has 4 N–H and O–H groups in total. The molecule has 0 aliphatic carbocycles. The van der Waals surface area contributed by atoms with Gasteiger partial charge in [-0.15, -0.1) is 11.8 Å². The lowest BCUT2D eigenvalue weighted by Crippen LogP contribution is -2.39. The number of hydrogen-bond donors (Lipinski definition) is 4. The van der Waals surface area contributed by atoms with Crippen molar-refractivity contribution in [3.8, 4) is 0 Å². The third kappa shape index (κ3) is 5.22. The van der Waals surface area contributed by atoms with Gasteiger partial charge in [-0.3, -0.25) is 0 Å². The Morgan fingerprint density at radius 2 is 1.85 bits per heavy atom. The molecule has 78 valence electrons. The molecule has 0 amide bonds. The molecule has 0 aromatic heterocycles. The first-order chi connectivity index (χ1) is 5.99. The number of thioether (sulfide) groups is 1. The zero-order valence-corrected chi connectivity index (χ0v) is 8.02. The Bertz CT molecular complexity index is 152. The van der Waals surface area contributed by atoms with Crippen LogP contribution >= 0.6 is 11.8 Å². The normalized spacial score (nSPS) is 20.4. The third-order valence-electron chi connectivity index (χ3n) is 1.39. The molecule has 0 aliphatic rings. The van der Waals surface area contributed by atoms with Gasteiger partial charge in [0.1, 0.15) is 12.2 Å². The molecule has 0 fully saturated rings. The molecule has 0 bridgehead atoms. The predicted molar refractivity (Wildman–Crippen MR) is 48.2 cm³/mol. The average molecular weight is 210 g/mol. The Balaban J connectivity index is 3.81. The summed E-state index contributed by atoms with van der Waals surface area (Å²) in [6.07, 6.45) is -4.14. The second kappa shape index (κ2) is 6.33. The zero-order chi connectivity index (χ0) is 10.4. The fraction of sp³-hybridized carbons (Fsp3) is 0.857. The van der Waals surface area contributed by atoms with Crippen molar-refractivity contribution in [1.82, 2.24) is 0 Å². The fourth-order valence-electron chi connectivity index (χ4n) is 0.645. The van der Waals surface area contributed by atoms with Gasteiger partial charge in [-0.2, -0.15) is 0 Å². The Morgan fingerprint density at radius 3 is 2.23 bits per heavy atom. The van der Waals surface area contributed by atoms with Crippen molar-refractivity contribution < 1.29 is 25.2 Å². The first-order valence-corrected chi connectivity index (χ1v) is 4.83. The van der Waals surface area contributed by atoms with Gasteiger partial charge in [0.05, 0.1) is 11.5 Å². The highest BCUT2D eigenvalue weighted by atomic mass is 32.2. The van der Waals surface area contributed by atoms with Gasteiger partial charge in [-0.05, 0) is 6.92 Å². The third-order valence-corrected chi connectivity index (χ3v) is 2.41. The molecule has 13 heavy (non-hydrogen) atoms. The van der Waals surface area contributed by atoms with Gasteiger partial charge in [0.25, 0.3) is 0 Å². The summed E-state index contributed by atoms with van der Waals surface area (Å²) in [5.74, 6) is 0.0593. The summed E-state index contributed by atoms with van der Waals surface area (Å²) < 4.78 is 0. The minimum absolute atomic E-state index is 0.0593. The average Bonchev–Trinajstić information content (AvgIpc) is 2.11. The summed E-state index contributed by atoms with van der Waals surface area (Å²) in [5, 5.41) is 35.9. The van der Waals surface area contributed by atoms with E-state index in [1.807, 2.05) is 0 Å². The minimum atomic E-state index is -1.58. The van der Waals surface area contributed by atoms with Crippen molar-refractivity contribution in [2.45, 2.75) is 30.7 Å². The molecule has 0 rings (SSSR count). The summed E-state index contributed by atoms with van der Waals surface area (Å²) in [5.41, 5.74) is -0.657. The van der Waals surface area contributed by atoms with E-state index < -0.39 is 23.7 Å². The van der Waals surface area contributed by atoms with E-state index in [1.165, 1.54) is 6.92 Å². The lowest BCUT2D eigenvalue weighted by atomic mass is 10.1. The lowest BCUT2D eigenvalue weighted by molar-refractivity contribution is -0.124. The number of aldehydes is 1. The SMILES string of the molecule is CC(O)SC[C@@H](O)[C@@H](O)[C@@H](O)C=O. The number of aliphatic hydroxyl groups is 4. The molecule has 5 nitrogen and oxygen atoms in total. The van der Waals surface area contributed by atoms with Crippen molar-refractivity contribution in [2.24, 2.45) is 0 Å². The van der Waals surface area contributed by atoms with Crippen LogP contribution in [0.5, 0.6) is 0 Å². The molecule has 6 heteroatoms.